The Morgan fingerprint density at radius 3 is 2.75 bits per heavy atom. The number of nitrogens with one attached hydrogen (secondary N) is 2. The van der Waals surface area contributed by atoms with Crippen molar-refractivity contribution in [3.05, 3.63) is 35.0 Å². The van der Waals surface area contributed by atoms with E-state index in [2.05, 4.69) is 27.3 Å². The molecule has 5 rings (SSSR count). The second-order valence-corrected chi connectivity index (χ2v) is 9.55. The van der Waals surface area contributed by atoms with Gasteiger partial charge in [-0.1, -0.05) is 12.1 Å². The lowest BCUT2D eigenvalue weighted by atomic mass is 9.71. The molecule has 5 nitrogen and oxygen atoms in total. The number of nitrogens with zero attached hydrogens (tertiary/aromatic N) is 1. The Morgan fingerprint density at radius 2 is 2.09 bits per heavy atom. The lowest BCUT2D eigenvalue weighted by Gasteiger charge is -2.45. The molecule has 3 aliphatic rings. The predicted octanol–water partition coefficient (Wildman–Crippen LogP) is 3.38. The van der Waals surface area contributed by atoms with E-state index in [4.69, 9.17) is 0 Å². The van der Waals surface area contributed by atoms with Crippen LogP contribution in [0.1, 0.15) is 47.9 Å². The summed E-state index contributed by atoms with van der Waals surface area (Å²) in [7, 11) is 1.93. The van der Waals surface area contributed by atoms with Crippen LogP contribution in [0.25, 0.3) is 10.9 Å². The maximum absolute atomic E-state index is 13.7. The van der Waals surface area contributed by atoms with Gasteiger partial charge in [0.1, 0.15) is 0 Å². The van der Waals surface area contributed by atoms with Gasteiger partial charge in [-0.2, -0.15) is 13.2 Å². The van der Waals surface area contributed by atoms with Gasteiger partial charge in [-0.15, -0.1) is 0 Å². The minimum Gasteiger partial charge on any atom is -0.394 e. The van der Waals surface area contributed by atoms with E-state index >= 15 is 0 Å². The van der Waals surface area contributed by atoms with Crippen molar-refractivity contribution in [2.45, 2.75) is 62.0 Å². The fraction of sp³-hybridized carbons (Fsp3) is 0.609. The van der Waals surface area contributed by atoms with Crippen molar-refractivity contribution in [1.29, 1.82) is 0 Å². The minimum atomic E-state index is -5.14. The molecular weight excluding hydrogens is 426 g/mol. The number of aliphatic hydroxyl groups is 1. The highest BCUT2D eigenvalue weighted by atomic mass is 19.4. The first-order valence-electron chi connectivity index (χ1n) is 11.1. The van der Waals surface area contributed by atoms with Gasteiger partial charge in [0.25, 0.3) is 0 Å². The van der Waals surface area contributed by atoms with Crippen LogP contribution in [-0.4, -0.2) is 65.5 Å². The maximum atomic E-state index is 13.7. The molecule has 1 saturated heterocycles. The summed E-state index contributed by atoms with van der Waals surface area (Å²) in [6, 6.07) is 4.34. The van der Waals surface area contributed by atoms with Gasteiger partial charge < -0.3 is 20.3 Å². The van der Waals surface area contributed by atoms with Crippen molar-refractivity contribution in [3.63, 3.8) is 0 Å². The molecule has 1 aliphatic heterocycles. The van der Waals surface area contributed by atoms with Gasteiger partial charge in [0, 0.05) is 35.1 Å². The Labute approximate surface area is 183 Å². The number of aromatic nitrogens is 1. The molecule has 3 N–H and O–H groups in total. The number of H-pyrrole nitrogens is 1. The largest absolute Gasteiger partial charge is 0.421 e. The number of hydrogen-bond acceptors (Lipinski definition) is 3. The van der Waals surface area contributed by atoms with E-state index in [1.54, 1.807) is 0 Å². The van der Waals surface area contributed by atoms with Crippen LogP contribution in [-0.2, 0) is 11.2 Å². The number of likely N-dealkylation sites (N-methyl/N-ethyl adjacent to an activating group) is 1. The average Bonchev–Trinajstić information content (AvgIpc) is 3.53. The predicted molar refractivity (Wildman–Crippen MR) is 111 cm³/mol. The zero-order chi connectivity index (χ0) is 22.8. The Bertz CT molecular complexity index is 1030. The van der Waals surface area contributed by atoms with Crippen LogP contribution in [0, 0.1) is 5.92 Å². The zero-order valence-corrected chi connectivity index (χ0v) is 17.8. The standard InChI is InChI=1S/C23H27F4N3O2/c1-30-9-12(22(32)29-17(10-31)21(24)23(25,26)27)7-14-13-3-2-4-16-19(13)15(8-18(14)30)20(28-16)11-5-6-11/h2-4,11-12,14,17-18,21,28,31H,5-10H2,1H3,(H,29,32). The number of amides is 1. The number of aromatic amines is 1. The molecule has 1 aromatic carbocycles. The third-order valence-corrected chi connectivity index (χ3v) is 7.43. The van der Waals surface area contributed by atoms with E-state index in [0.717, 1.165) is 11.9 Å². The van der Waals surface area contributed by atoms with Crippen LogP contribution in [0.2, 0.25) is 0 Å². The maximum Gasteiger partial charge on any atom is 0.421 e. The minimum absolute atomic E-state index is 0.0555. The summed E-state index contributed by atoms with van der Waals surface area (Å²) in [4.78, 5) is 18.5. The van der Waals surface area contributed by atoms with Crippen molar-refractivity contribution < 1.29 is 27.5 Å². The number of alkyl halides is 4. The molecule has 0 bridgehead atoms. The Hall–Kier alpha value is -2.13. The highest BCUT2D eigenvalue weighted by Crippen LogP contribution is 2.50. The van der Waals surface area contributed by atoms with Crippen LogP contribution in [0.3, 0.4) is 0 Å². The topological polar surface area (TPSA) is 68.4 Å². The second-order valence-electron chi connectivity index (χ2n) is 9.55. The third-order valence-electron chi connectivity index (χ3n) is 7.43. The van der Waals surface area contributed by atoms with Crippen molar-refractivity contribution in [1.82, 2.24) is 15.2 Å². The Kier molecular flexibility index (Phi) is 5.24. The van der Waals surface area contributed by atoms with Gasteiger partial charge in [0.05, 0.1) is 18.6 Å². The molecule has 1 amide bonds. The van der Waals surface area contributed by atoms with Gasteiger partial charge in [0.2, 0.25) is 12.1 Å². The van der Waals surface area contributed by atoms with Gasteiger partial charge in [-0.3, -0.25) is 4.79 Å². The molecule has 1 aromatic heterocycles. The van der Waals surface area contributed by atoms with Crippen LogP contribution in [0.5, 0.6) is 0 Å². The van der Waals surface area contributed by atoms with Crippen molar-refractivity contribution in [2.24, 2.45) is 5.92 Å². The molecule has 1 saturated carbocycles. The quantitative estimate of drug-likeness (QED) is 0.608. The van der Waals surface area contributed by atoms with Crippen LogP contribution < -0.4 is 5.32 Å². The normalized spacial score (nSPS) is 27.8. The molecule has 32 heavy (non-hydrogen) atoms. The summed E-state index contributed by atoms with van der Waals surface area (Å²) in [6.07, 6.45) is -4.71. The molecule has 0 spiro atoms. The summed E-state index contributed by atoms with van der Waals surface area (Å²) >= 11 is 0. The number of carbonyl (C=O) groups is 1. The van der Waals surface area contributed by atoms with E-state index in [9.17, 15) is 27.5 Å². The van der Waals surface area contributed by atoms with E-state index in [-0.39, 0.29) is 12.0 Å². The number of rotatable bonds is 5. The smallest absolute Gasteiger partial charge is 0.394 e. The zero-order valence-electron chi connectivity index (χ0n) is 17.8. The van der Waals surface area contributed by atoms with Crippen LogP contribution >= 0.6 is 0 Å². The molecule has 2 heterocycles. The SMILES string of the molecule is CN1CC(C(=O)NC(CO)C(F)C(F)(F)F)CC2c3cccc4[nH]c(C5CC5)c(c34)CC21. The Balaban J connectivity index is 1.41. The van der Waals surface area contributed by atoms with Crippen molar-refractivity contribution in [3.8, 4) is 0 Å². The lowest BCUT2D eigenvalue weighted by Crippen LogP contribution is -2.55. The molecule has 9 heteroatoms. The fourth-order valence-corrected chi connectivity index (χ4v) is 5.71. The molecule has 2 aromatic rings. The lowest BCUT2D eigenvalue weighted by molar-refractivity contribution is -0.191. The molecule has 2 fully saturated rings. The van der Waals surface area contributed by atoms with Gasteiger partial charge >= 0.3 is 6.18 Å². The number of piperidine rings is 1. The molecule has 5 unspecified atom stereocenters. The average molecular weight is 453 g/mol. The fourth-order valence-electron chi connectivity index (χ4n) is 5.71. The van der Waals surface area contributed by atoms with Gasteiger partial charge in [-0.05, 0) is 55.8 Å². The molecule has 174 valence electrons. The summed E-state index contributed by atoms with van der Waals surface area (Å²) in [5.41, 5.74) is 4.95. The van der Waals surface area contributed by atoms with Crippen LogP contribution in [0.4, 0.5) is 17.6 Å². The third kappa shape index (κ3) is 3.59. The van der Waals surface area contributed by atoms with Crippen molar-refractivity contribution >= 4 is 16.8 Å². The van der Waals surface area contributed by atoms with E-state index in [0.29, 0.717) is 18.9 Å². The first kappa shape index (κ1) is 21.7. The summed E-state index contributed by atoms with van der Waals surface area (Å²) in [5.74, 6) is -0.590. The summed E-state index contributed by atoms with van der Waals surface area (Å²) in [5, 5.41) is 12.6. The molecular formula is C23H27F4N3O2. The first-order valence-corrected chi connectivity index (χ1v) is 11.1. The number of fused-ring (bicyclic) bond motifs is 2. The highest BCUT2D eigenvalue weighted by molar-refractivity contribution is 5.90. The summed E-state index contributed by atoms with van der Waals surface area (Å²) in [6.45, 7) is -0.737. The van der Waals surface area contributed by atoms with Crippen molar-refractivity contribution in [2.75, 3.05) is 20.2 Å². The Morgan fingerprint density at radius 1 is 1.34 bits per heavy atom. The first-order chi connectivity index (χ1) is 15.2. The van der Waals surface area contributed by atoms with Gasteiger partial charge in [-0.25, -0.2) is 4.39 Å². The molecule has 5 atom stereocenters. The number of halogens is 4. The number of aliphatic hydroxyl groups excluding tert-OH is 1. The number of benzene rings is 1. The molecule has 2 aliphatic carbocycles. The number of likely N-dealkylation sites (tertiary alicyclic amines) is 1. The summed E-state index contributed by atoms with van der Waals surface area (Å²) < 4.78 is 52.0. The van der Waals surface area contributed by atoms with E-state index in [1.165, 1.54) is 35.0 Å². The molecule has 0 radical (unpaired) electrons. The number of carbonyl (C=O) groups excluding carboxylic acids is 1. The number of hydrogen-bond donors (Lipinski definition) is 3. The highest BCUT2D eigenvalue weighted by Gasteiger charge is 2.47. The van der Waals surface area contributed by atoms with Crippen LogP contribution in [0.15, 0.2) is 18.2 Å². The van der Waals surface area contributed by atoms with E-state index in [1.807, 2.05) is 13.1 Å². The monoisotopic (exact) mass is 453 g/mol. The van der Waals surface area contributed by atoms with Gasteiger partial charge in [0.15, 0.2) is 0 Å². The second kappa shape index (κ2) is 7.73. The van der Waals surface area contributed by atoms with E-state index < -0.39 is 36.8 Å².